The van der Waals surface area contributed by atoms with Gasteiger partial charge in [-0.3, -0.25) is 4.79 Å². The smallest absolute Gasteiger partial charge is 0.305 e. The van der Waals surface area contributed by atoms with Gasteiger partial charge in [-0.2, -0.15) is 0 Å². The highest BCUT2D eigenvalue weighted by Crippen LogP contribution is 2.69. The van der Waals surface area contributed by atoms with E-state index in [0.29, 0.717) is 47.8 Å². The van der Waals surface area contributed by atoms with Crippen molar-refractivity contribution in [2.24, 2.45) is 52.3 Å². The summed E-state index contributed by atoms with van der Waals surface area (Å²) < 4.78 is 4.88. The number of esters is 1. The summed E-state index contributed by atoms with van der Waals surface area (Å²) in [5, 5.41) is 22.2. The van der Waals surface area contributed by atoms with E-state index >= 15 is 0 Å². The molecule has 0 aromatic rings. The Bertz CT molecular complexity index is 664. The Morgan fingerprint density at radius 1 is 1.03 bits per heavy atom. The van der Waals surface area contributed by atoms with Crippen LogP contribution in [0.1, 0.15) is 91.9 Å². The minimum Gasteiger partial charge on any atom is -0.469 e. The van der Waals surface area contributed by atoms with E-state index < -0.39 is 0 Å². The standard InChI is InChI=1S/C27H46O4/c1-6-18-22-15-17(28)11-13-27(22,4)21-12-14-26(3)19(16(2)7-10-23(29)31-5)8-9-20(26)24(21)25(18)30/h16-22,24-25,28,30H,6-15H2,1-5H3/t16-,17?,18-,19?,20?,21?,22+,24?,25-,26-,27-/m1/s1. The molecule has 0 radical (unpaired) electrons. The molecular weight excluding hydrogens is 388 g/mol. The number of methoxy groups -OCH3 is 1. The van der Waals surface area contributed by atoms with Crippen molar-refractivity contribution in [1.82, 2.24) is 0 Å². The lowest BCUT2D eigenvalue weighted by atomic mass is 9.41. The molecule has 4 aliphatic carbocycles. The van der Waals surface area contributed by atoms with E-state index in [2.05, 4.69) is 27.7 Å². The number of carbonyl (C=O) groups excluding carboxylic acids is 1. The maximum Gasteiger partial charge on any atom is 0.305 e. The largest absolute Gasteiger partial charge is 0.469 e. The van der Waals surface area contributed by atoms with Gasteiger partial charge in [0.25, 0.3) is 0 Å². The summed E-state index contributed by atoms with van der Waals surface area (Å²) in [6, 6.07) is 0. The molecule has 4 aliphatic rings. The second kappa shape index (κ2) is 8.63. The Morgan fingerprint density at radius 2 is 1.71 bits per heavy atom. The van der Waals surface area contributed by atoms with E-state index in [1.54, 1.807) is 0 Å². The average molecular weight is 435 g/mol. The number of hydrogen-bond donors (Lipinski definition) is 2. The van der Waals surface area contributed by atoms with Crippen LogP contribution in [0.2, 0.25) is 0 Å². The number of aliphatic hydroxyl groups excluding tert-OH is 2. The summed E-state index contributed by atoms with van der Waals surface area (Å²) in [6.45, 7) is 9.58. The van der Waals surface area contributed by atoms with Gasteiger partial charge in [0.2, 0.25) is 0 Å². The number of hydrogen-bond acceptors (Lipinski definition) is 4. The fraction of sp³-hybridized carbons (Fsp3) is 0.963. The number of rotatable bonds is 5. The van der Waals surface area contributed by atoms with Crippen molar-refractivity contribution in [3.63, 3.8) is 0 Å². The topological polar surface area (TPSA) is 66.8 Å². The molecule has 0 heterocycles. The molecule has 5 unspecified atom stereocenters. The molecule has 0 aliphatic heterocycles. The Hall–Kier alpha value is -0.610. The van der Waals surface area contributed by atoms with Gasteiger partial charge in [-0.1, -0.05) is 34.1 Å². The monoisotopic (exact) mass is 434 g/mol. The Kier molecular flexibility index (Phi) is 6.55. The number of aliphatic hydroxyl groups is 2. The molecule has 0 bridgehead atoms. The van der Waals surface area contributed by atoms with Crippen molar-refractivity contribution in [3.8, 4) is 0 Å². The first kappa shape index (κ1) is 23.5. The lowest BCUT2D eigenvalue weighted by molar-refractivity contribution is -0.203. The van der Waals surface area contributed by atoms with Gasteiger partial charge in [-0.05, 0) is 104 Å². The maximum atomic E-state index is 11.8. The zero-order valence-corrected chi connectivity index (χ0v) is 20.5. The maximum absolute atomic E-state index is 11.8. The molecule has 11 atom stereocenters. The molecule has 4 fully saturated rings. The lowest BCUT2D eigenvalue weighted by Gasteiger charge is -2.64. The van der Waals surface area contributed by atoms with E-state index in [1.165, 1.54) is 32.8 Å². The minimum absolute atomic E-state index is 0.0952. The van der Waals surface area contributed by atoms with Crippen LogP contribution in [0.4, 0.5) is 0 Å². The van der Waals surface area contributed by atoms with Gasteiger partial charge in [-0.25, -0.2) is 0 Å². The molecular formula is C27H46O4. The van der Waals surface area contributed by atoms with Gasteiger partial charge >= 0.3 is 5.97 Å². The van der Waals surface area contributed by atoms with Crippen molar-refractivity contribution in [3.05, 3.63) is 0 Å². The predicted octanol–water partition coefficient (Wildman–Crippen LogP) is 5.20. The Balaban J connectivity index is 1.58. The minimum atomic E-state index is -0.230. The van der Waals surface area contributed by atoms with Crippen LogP contribution in [0.5, 0.6) is 0 Å². The molecule has 0 aromatic heterocycles. The average Bonchev–Trinajstić information content (AvgIpc) is 3.10. The number of carbonyl (C=O) groups is 1. The summed E-state index contributed by atoms with van der Waals surface area (Å²) >= 11 is 0. The van der Waals surface area contributed by atoms with Gasteiger partial charge < -0.3 is 14.9 Å². The van der Waals surface area contributed by atoms with E-state index in [0.717, 1.165) is 32.1 Å². The quantitative estimate of drug-likeness (QED) is 0.584. The first-order valence-corrected chi connectivity index (χ1v) is 13.1. The van der Waals surface area contributed by atoms with Crippen molar-refractivity contribution >= 4 is 5.97 Å². The zero-order chi connectivity index (χ0) is 22.6. The molecule has 4 rings (SSSR count). The third kappa shape index (κ3) is 3.68. The summed E-state index contributed by atoms with van der Waals surface area (Å²) in [4.78, 5) is 11.7. The van der Waals surface area contributed by atoms with Crippen LogP contribution in [0, 0.1) is 52.3 Å². The first-order chi connectivity index (χ1) is 14.7. The van der Waals surface area contributed by atoms with Crippen LogP contribution in [0.15, 0.2) is 0 Å². The second-order valence-corrected chi connectivity index (χ2v) is 12.2. The van der Waals surface area contributed by atoms with Gasteiger partial charge in [0, 0.05) is 6.42 Å². The summed E-state index contributed by atoms with van der Waals surface area (Å²) in [6.07, 6.45) is 9.87. The highest BCUT2D eigenvalue weighted by molar-refractivity contribution is 5.69. The van der Waals surface area contributed by atoms with Gasteiger partial charge in [0.1, 0.15) is 0 Å². The highest BCUT2D eigenvalue weighted by atomic mass is 16.5. The third-order valence-electron chi connectivity index (χ3n) is 11.2. The SMILES string of the molecule is CC[C@H]1[C@@H](O)C2C3CCC([C@H](C)CCC(=O)OC)[C@@]3(C)CCC2[C@@]2(C)CCC(O)C[C@@H]12. The zero-order valence-electron chi connectivity index (χ0n) is 20.5. The molecule has 0 aromatic carbocycles. The van der Waals surface area contributed by atoms with Crippen LogP contribution in [-0.4, -0.2) is 35.5 Å². The van der Waals surface area contributed by atoms with E-state index in [-0.39, 0.29) is 29.0 Å². The highest BCUT2D eigenvalue weighted by Gasteiger charge is 2.64. The van der Waals surface area contributed by atoms with Crippen LogP contribution >= 0.6 is 0 Å². The van der Waals surface area contributed by atoms with Gasteiger partial charge in [-0.15, -0.1) is 0 Å². The molecule has 178 valence electrons. The molecule has 31 heavy (non-hydrogen) atoms. The van der Waals surface area contributed by atoms with Crippen LogP contribution in [0.3, 0.4) is 0 Å². The van der Waals surface area contributed by atoms with Crippen LogP contribution < -0.4 is 0 Å². The number of fused-ring (bicyclic) bond motifs is 5. The van der Waals surface area contributed by atoms with Gasteiger partial charge in [0.15, 0.2) is 0 Å². The number of ether oxygens (including phenoxy) is 1. The van der Waals surface area contributed by atoms with E-state index in [9.17, 15) is 15.0 Å². The molecule has 4 nitrogen and oxygen atoms in total. The van der Waals surface area contributed by atoms with Gasteiger partial charge in [0.05, 0.1) is 19.3 Å². The van der Waals surface area contributed by atoms with Crippen molar-refractivity contribution in [2.45, 2.75) is 104 Å². The lowest BCUT2D eigenvalue weighted by Crippen LogP contribution is -2.62. The van der Waals surface area contributed by atoms with Crippen LogP contribution in [-0.2, 0) is 9.53 Å². The second-order valence-electron chi connectivity index (χ2n) is 12.2. The van der Waals surface area contributed by atoms with Crippen molar-refractivity contribution in [2.75, 3.05) is 7.11 Å². The fourth-order valence-corrected chi connectivity index (χ4v) is 9.58. The molecule has 2 N–H and O–H groups in total. The molecule has 0 saturated heterocycles. The van der Waals surface area contributed by atoms with Crippen LogP contribution in [0.25, 0.3) is 0 Å². The third-order valence-corrected chi connectivity index (χ3v) is 11.2. The Morgan fingerprint density at radius 3 is 2.39 bits per heavy atom. The molecule has 4 heteroatoms. The fourth-order valence-electron chi connectivity index (χ4n) is 9.58. The van der Waals surface area contributed by atoms with Crippen molar-refractivity contribution in [1.29, 1.82) is 0 Å². The molecule has 0 spiro atoms. The summed E-state index contributed by atoms with van der Waals surface area (Å²) in [5.74, 6) is 3.41. The van der Waals surface area contributed by atoms with E-state index in [4.69, 9.17) is 4.74 Å². The predicted molar refractivity (Wildman–Crippen MR) is 122 cm³/mol. The molecule has 4 saturated carbocycles. The first-order valence-electron chi connectivity index (χ1n) is 13.1. The normalized spacial score (nSPS) is 50.2. The van der Waals surface area contributed by atoms with Crippen molar-refractivity contribution < 1.29 is 19.7 Å². The Labute approximate surface area is 189 Å². The van der Waals surface area contributed by atoms with E-state index in [1.807, 2.05) is 0 Å². The summed E-state index contributed by atoms with van der Waals surface area (Å²) in [5.41, 5.74) is 0.535. The molecule has 0 amide bonds. The summed E-state index contributed by atoms with van der Waals surface area (Å²) in [7, 11) is 1.48.